The Morgan fingerprint density at radius 2 is 2.53 bits per heavy atom. The Labute approximate surface area is 99.4 Å². The molecule has 0 bridgehead atoms. The van der Waals surface area contributed by atoms with Crippen LogP contribution in [0.5, 0.6) is 0 Å². The van der Waals surface area contributed by atoms with E-state index in [1.54, 1.807) is 0 Å². The highest BCUT2D eigenvalue weighted by atomic mass is 35.5. The first-order valence-electron chi connectivity index (χ1n) is 4.15. The minimum atomic E-state index is -0.884. The lowest BCUT2D eigenvalue weighted by atomic mass is 10.4. The first kappa shape index (κ1) is 10.9. The summed E-state index contributed by atoms with van der Waals surface area (Å²) in [6.07, 6.45) is 0. The van der Waals surface area contributed by atoms with Crippen LogP contribution in [0.25, 0.3) is 0 Å². The normalized spacial score (nSPS) is 20.3. The van der Waals surface area contributed by atoms with Crippen LogP contribution in [0.15, 0.2) is 10.4 Å². The summed E-state index contributed by atoms with van der Waals surface area (Å²) in [5.74, 6) is -0.0195. The summed E-state index contributed by atoms with van der Waals surface area (Å²) in [7, 11) is 0. The molecule has 0 saturated carbocycles. The SMILES string of the molecule is O=C(O)C1CSC(c2csc(CCl)n2)=N1. The summed E-state index contributed by atoms with van der Waals surface area (Å²) in [5.41, 5.74) is 0.740. The van der Waals surface area contributed by atoms with Gasteiger partial charge in [-0.3, -0.25) is 4.99 Å². The molecule has 1 unspecified atom stereocenters. The van der Waals surface area contributed by atoms with E-state index >= 15 is 0 Å². The van der Waals surface area contributed by atoms with Crippen LogP contribution >= 0.6 is 34.7 Å². The highest BCUT2D eigenvalue weighted by molar-refractivity contribution is 8.14. The minimum absolute atomic E-state index is 0.380. The number of nitrogens with zero attached hydrogens (tertiary/aromatic N) is 2. The van der Waals surface area contributed by atoms with Gasteiger partial charge in [0.1, 0.15) is 15.7 Å². The fourth-order valence-electron chi connectivity index (χ4n) is 1.11. The number of carboxylic acids is 1. The highest BCUT2D eigenvalue weighted by Crippen LogP contribution is 2.25. The van der Waals surface area contributed by atoms with E-state index in [4.69, 9.17) is 16.7 Å². The number of aliphatic imine (C=N–C) groups is 1. The second-order valence-corrected chi connectivity index (χ2v) is 5.08. The van der Waals surface area contributed by atoms with Crippen molar-refractivity contribution in [2.75, 3.05) is 5.75 Å². The molecule has 0 aromatic carbocycles. The van der Waals surface area contributed by atoms with Gasteiger partial charge in [-0.05, 0) is 0 Å². The van der Waals surface area contributed by atoms with Gasteiger partial charge in [0, 0.05) is 11.1 Å². The lowest BCUT2D eigenvalue weighted by molar-refractivity contribution is -0.137. The number of carboxylic acid groups (broad SMARTS) is 1. The molecule has 2 rings (SSSR count). The largest absolute Gasteiger partial charge is 0.480 e. The second kappa shape index (κ2) is 4.51. The van der Waals surface area contributed by atoms with E-state index in [1.165, 1.54) is 23.1 Å². The Kier molecular flexibility index (Phi) is 3.28. The smallest absolute Gasteiger partial charge is 0.329 e. The summed E-state index contributed by atoms with van der Waals surface area (Å²) in [5, 5.41) is 12.2. The zero-order chi connectivity index (χ0) is 10.8. The average molecular weight is 263 g/mol. The number of hydrogen-bond donors (Lipinski definition) is 1. The number of alkyl halides is 1. The molecule has 0 amide bonds. The average Bonchev–Trinajstić information content (AvgIpc) is 2.86. The molecule has 1 aliphatic rings. The molecular formula is C8H7ClN2O2S2. The molecule has 0 radical (unpaired) electrons. The van der Waals surface area contributed by atoms with Crippen molar-refractivity contribution in [1.82, 2.24) is 4.98 Å². The van der Waals surface area contributed by atoms with Gasteiger partial charge in [0.05, 0.1) is 5.88 Å². The van der Waals surface area contributed by atoms with Crippen molar-refractivity contribution >= 4 is 45.7 Å². The lowest BCUT2D eigenvalue weighted by Gasteiger charge is -1.93. The van der Waals surface area contributed by atoms with Gasteiger partial charge in [0.15, 0.2) is 6.04 Å². The fourth-order valence-corrected chi connectivity index (χ4v) is 3.05. The molecule has 4 nitrogen and oxygen atoms in total. The van der Waals surface area contributed by atoms with Crippen LogP contribution in [0, 0.1) is 0 Å². The number of thiazole rings is 1. The van der Waals surface area contributed by atoms with Crippen molar-refractivity contribution < 1.29 is 9.90 Å². The maximum atomic E-state index is 10.7. The molecule has 0 aliphatic carbocycles. The quantitative estimate of drug-likeness (QED) is 0.844. The molecule has 1 atom stereocenters. The molecular weight excluding hydrogens is 256 g/mol. The Balaban J connectivity index is 2.18. The van der Waals surface area contributed by atoms with Gasteiger partial charge in [0.25, 0.3) is 0 Å². The summed E-state index contributed by atoms with van der Waals surface area (Å²) in [6.45, 7) is 0. The number of hydrogen-bond acceptors (Lipinski definition) is 5. The Hall–Kier alpha value is -0.590. The lowest BCUT2D eigenvalue weighted by Crippen LogP contribution is -2.17. The van der Waals surface area contributed by atoms with Gasteiger partial charge >= 0.3 is 5.97 Å². The number of carbonyl (C=O) groups is 1. The third-order valence-electron chi connectivity index (χ3n) is 1.82. The van der Waals surface area contributed by atoms with Gasteiger partial charge in [-0.2, -0.15) is 0 Å². The van der Waals surface area contributed by atoms with Crippen LogP contribution in [0.4, 0.5) is 0 Å². The van der Waals surface area contributed by atoms with Crippen LogP contribution in [-0.4, -0.2) is 32.9 Å². The number of rotatable bonds is 3. The van der Waals surface area contributed by atoms with Gasteiger partial charge in [-0.1, -0.05) is 0 Å². The number of halogens is 1. The number of aliphatic carboxylic acids is 1. The van der Waals surface area contributed by atoms with E-state index in [-0.39, 0.29) is 0 Å². The number of aromatic nitrogens is 1. The molecule has 1 aliphatic heterocycles. The van der Waals surface area contributed by atoms with Crippen LogP contribution in [0.1, 0.15) is 10.7 Å². The topological polar surface area (TPSA) is 62.5 Å². The van der Waals surface area contributed by atoms with Gasteiger partial charge in [-0.25, -0.2) is 9.78 Å². The third kappa shape index (κ3) is 2.32. The van der Waals surface area contributed by atoms with Crippen molar-refractivity contribution in [3.63, 3.8) is 0 Å². The zero-order valence-electron chi connectivity index (χ0n) is 7.51. The predicted molar refractivity (Wildman–Crippen MR) is 62.1 cm³/mol. The van der Waals surface area contributed by atoms with E-state index in [0.29, 0.717) is 16.7 Å². The molecule has 2 heterocycles. The predicted octanol–water partition coefficient (Wildman–Crippen LogP) is 1.83. The summed E-state index contributed by atoms with van der Waals surface area (Å²) in [6, 6.07) is -0.633. The molecule has 1 N–H and O–H groups in total. The van der Waals surface area contributed by atoms with E-state index in [0.717, 1.165) is 10.7 Å². The van der Waals surface area contributed by atoms with Crippen LogP contribution in [-0.2, 0) is 10.7 Å². The first-order chi connectivity index (χ1) is 7.20. The van der Waals surface area contributed by atoms with Gasteiger partial charge in [-0.15, -0.1) is 34.7 Å². The van der Waals surface area contributed by atoms with Crippen molar-refractivity contribution in [2.24, 2.45) is 4.99 Å². The summed E-state index contributed by atoms with van der Waals surface area (Å²) in [4.78, 5) is 19.0. The Morgan fingerprint density at radius 3 is 3.07 bits per heavy atom. The zero-order valence-corrected chi connectivity index (χ0v) is 9.90. The van der Waals surface area contributed by atoms with Gasteiger partial charge in [0.2, 0.25) is 0 Å². The van der Waals surface area contributed by atoms with Crippen LogP contribution < -0.4 is 0 Å². The van der Waals surface area contributed by atoms with Crippen molar-refractivity contribution in [3.8, 4) is 0 Å². The maximum absolute atomic E-state index is 10.7. The standard InChI is InChI=1S/C8H7ClN2O2S2/c9-1-6-10-4(2-14-6)7-11-5(3-15-7)8(12)13/h2,5H,1,3H2,(H,12,13). The monoisotopic (exact) mass is 262 g/mol. The first-order valence-corrected chi connectivity index (χ1v) is 6.55. The maximum Gasteiger partial charge on any atom is 0.329 e. The second-order valence-electron chi connectivity index (χ2n) is 2.86. The van der Waals surface area contributed by atoms with Gasteiger partial charge < -0.3 is 5.11 Å². The fraction of sp³-hybridized carbons (Fsp3) is 0.375. The molecule has 1 aromatic rings. The van der Waals surface area contributed by atoms with E-state index < -0.39 is 12.0 Å². The molecule has 0 saturated heterocycles. The number of thioether (sulfide) groups is 1. The Morgan fingerprint density at radius 1 is 1.73 bits per heavy atom. The van der Waals surface area contributed by atoms with E-state index in [2.05, 4.69) is 9.98 Å². The molecule has 80 valence electrons. The Bertz CT molecular complexity index is 419. The van der Waals surface area contributed by atoms with E-state index in [9.17, 15) is 4.79 Å². The van der Waals surface area contributed by atoms with Crippen molar-refractivity contribution in [1.29, 1.82) is 0 Å². The van der Waals surface area contributed by atoms with E-state index in [1.807, 2.05) is 5.38 Å². The molecule has 0 fully saturated rings. The molecule has 15 heavy (non-hydrogen) atoms. The molecule has 7 heteroatoms. The minimum Gasteiger partial charge on any atom is -0.480 e. The van der Waals surface area contributed by atoms with Crippen LogP contribution in [0.2, 0.25) is 0 Å². The summed E-state index contributed by atoms with van der Waals surface area (Å²) >= 11 is 8.52. The highest BCUT2D eigenvalue weighted by Gasteiger charge is 2.26. The van der Waals surface area contributed by atoms with Crippen molar-refractivity contribution in [3.05, 3.63) is 16.1 Å². The van der Waals surface area contributed by atoms with Crippen LogP contribution in [0.3, 0.4) is 0 Å². The third-order valence-corrected chi connectivity index (χ3v) is 4.15. The molecule has 0 spiro atoms. The summed E-state index contributed by atoms with van der Waals surface area (Å²) < 4.78 is 0. The molecule has 1 aromatic heterocycles. The van der Waals surface area contributed by atoms with Crippen molar-refractivity contribution in [2.45, 2.75) is 11.9 Å².